The number of ether oxygens (including phenoxy) is 2. The molecule has 0 spiro atoms. The highest BCUT2D eigenvalue weighted by Gasteiger charge is 2.46. The molecule has 1 aliphatic rings. The molecule has 1 aromatic carbocycles. The number of sulfonamides is 1. The van der Waals surface area contributed by atoms with Crippen molar-refractivity contribution in [1.29, 1.82) is 0 Å². The zero-order valence-corrected chi connectivity index (χ0v) is 14.3. The van der Waals surface area contributed by atoms with E-state index in [1.165, 1.54) is 31.2 Å². The number of allylic oxidation sites excluding steroid dienone is 1. The summed E-state index contributed by atoms with van der Waals surface area (Å²) in [6.45, 7) is 1.29. The van der Waals surface area contributed by atoms with Crippen LogP contribution < -0.4 is 10.9 Å². The molecule has 0 aromatic heterocycles. The summed E-state index contributed by atoms with van der Waals surface area (Å²) >= 11 is 0. The SMILES string of the molecule is COC(=O)NN/C(C)=C(\C(=O)OC)N1C(=O)c2ccccc2S1(=O)=O. The van der Waals surface area contributed by atoms with E-state index in [1.807, 2.05) is 0 Å². The number of hydrogen-bond acceptors (Lipinski definition) is 8. The highest BCUT2D eigenvalue weighted by Crippen LogP contribution is 2.34. The van der Waals surface area contributed by atoms with E-state index in [1.54, 1.807) is 0 Å². The second-order valence-corrected chi connectivity index (χ2v) is 6.53. The molecular formula is C14H15N3O7S. The molecule has 0 saturated heterocycles. The molecule has 2 amide bonds. The summed E-state index contributed by atoms with van der Waals surface area (Å²) < 4.78 is 34.6. The third kappa shape index (κ3) is 3.13. The van der Waals surface area contributed by atoms with Crippen molar-refractivity contribution in [3.8, 4) is 0 Å². The van der Waals surface area contributed by atoms with E-state index in [2.05, 4.69) is 20.3 Å². The first-order chi connectivity index (χ1) is 11.8. The lowest BCUT2D eigenvalue weighted by Crippen LogP contribution is -2.41. The molecular weight excluding hydrogens is 354 g/mol. The van der Waals surface area contributed by atoms with Gasteiger partial charge >= 0.3 is 12.1 Å². The predicted octanol–water partition coefficient (Wildman–Crippen LogP) is 0.0962. The molecule has 0 aliphatic carbocycles. The molecule has 134 valence electrons. The molecule has 0 atom stereocenters. The van der Waals surface area contributed by atoms with Gasteiger partial charge in [-0.1, -0.05) is 12.1 Å². The molecule has 11 heteroatoms. The maximum Gasteiger partial charge on any atom is 0.425 e. The average molecular weight is 369 g/mol. The number of fused-ring (bicyclic) bond motifs is 1. The highest BCUT2D eigenvalue weighted by atomic mass is 32.2. The first kappa shape index (κ1) is 18.3. The Bertz CT molecular complexity index is 876. The normalized spacial score (nSPS) is 15.8. The van der Waals surface area contributed by atoms with Crippen molar-refractivity contribution in [3.05, 3.63) is 41.2 Å². The van der Waals surface area contributed by atoms with Crippen molar-refractivity contribution < 1.29 is 32.3 Å². The second kappa shape index (κ2) is 6.81. The van der Waals surface area contributed by atoms with Crippen LogP contribution in [0.15, 0.2) is 40.6 Å². The van der Waals surface area contributed by atoms with Crippen molar-refractivity contribution in [1.82, 2.24) is 15.2 Å². The van der Waals surface area contributed by atoms with Gasteiger partial charge in [0.1, 0.15) is 4.90 Å². The number of nitrogens with one attached hydrogen (secondary N) is 2. The van der Waals surface area contributed by atoms with Crippen LogP contribution in [0.4, 0.5) is 4.79 Å². The van der Waals surface area contributed by atoms with Gasteiger partial charge in [0.15, 0.2) is 5.70 Å². The molecule has 1 aliphatic heterocycles. The van der Waals surface area contributed by atoms with E-state index in [9.17, 15) is 22.8 Å². The minimum atomic E-state index is -4.30. The van der Waals surface area contributed by atoms with Gasteiger partial charge in [0.25, 0.3) is 15.9 Å². The minimum absolute atomic E-state index is 0.0716. The Balaban J connectivity index is 2.55. The van der Waals surface area contributed by atoms with E-state index in [-0.39, 0.29) is 16.2 Å². The lowest BCUT2D eigenvalue weighted by Gasteiger charge is -2.20. The Morgan fingerprint density at radius 2 is 1.72 bits per heavy atom. The monoisotopic (exact) mass is 369 g/mol. The maximum atomic E-state index is 12.7. The van der Waals surface area contributed by atoms with Crippen molar-refractivity contribution in [2.45, 2.75) is 11.8 Å². The summed E-state index contributed by atoms with van der Waals surface area (Å²) in [6.07, 6.45) is -0.887. The summed E-state index contributed by atoms with van der Waals surface area (Å²) in [6, 6.07) is 5.55. The molecule has 0 saturated carbocycles. The Labute approximate surface area is 143 Å². The summed E-state index contributed by atoms with van der Waals surface area (Å²) in [5.74, 6) is -1.99. The minimum Gasteiger partial charge on any atom is -0.464 e. The smallest absolute Gasteiger partial charge is 0.425 e. The Hall–Kier alpha value is -3.08. The number of hydrazine groups is 1. The van der Waals surface area contributed by atoms with Gasteiger partial charge in [-0.2, -0.15) is 4.31 Å². The highest BCUT2D eigenvalue weighted by molar-refractivity contribution is 7.90. The number of benzene rings is 1. The van der Waals surface area contributed by atoms with E-state index >= 15 is 0 Å². The number of carbonyl (C=O) groups is 3. The molecule has 0 bridgehead atoms. The van der Waals surface area contributed by atoms with Crippen molar-refractivity contribution >= 4 is 28.0 Å². The Morgan fingerprint density at radius 1 is 1.08 bits per heavy atom. The summed E-state index contributed by atoms with van der Waals surface area (Å²) in [5.41, 5.74) is 3.58. The number of carbonyl (C=O) groups excluding carboxylic acids is 3. The van der Waals surface area contributed by atoms with Crippen molar-refractivity contribution in [2.24, 2.45) is 0 Å². The van der Waals surface area contributed by atoms with Crippen LogP contribution in [-0.4, -0.2) is 44.9 Å². The predicted molar refractivity (Wildman–Crippen MR) is 83.2 cm³/mol. The fourth-order valence-electron chi connectivity index (χ4n) is 2.15. The van der Waals surface area contributed by atoms with Crippen LogP contribution in [0.1, 0.15) is 17.3 Å². The van der Waals surface area contributed by atoms with Gasteiger partial charge in [-0.3, -0.25) is 10.2 Å². The molecule has 10 nitrogen and oxygen atoms in total. The molecule has 2 rings (SSSR count). The van der Waals surface area contributed by atoms with Crippen LogP contribution in [0.3, 0.4) is 0 Å². The third-order valence-electron chi connectivity index (χ3n) is 3.29. The van der Waals surface area contributed by atoms with Gasteiger partial charge in [-0.15, -0.1) is 0 Å². The second-order valence-electron chi connectivity index (χ2n) is 4.78. The van der Waals surface area contributed by atoms with Gasteiger partial charge in [-0.25, -0.2) is 23.4 Å². The zero-order chi connectivity index (χ0) is 18.8. The Morgan fingerprint density at radius 3 is 2.28 bits per heavy atom. The van der Waals surface area contributed by atoms with Crippen molar-refractivity contribution in [2.75, 3.05) is 14.2 Å². The topological polar surface area (TPSA) is 131 Å². The largest absolute Gasteiger partial charge is 0.464 e. The van der Waals surface area contributed by atoms with E-state index in [0.29, 0.717) is 4.31 Å². The van der Waals surface area contributed by atoms with E-state index < -0.39 is 33.7 Å². The van der Waals surface area contributed by atoms with Crippen molar-refractivity contribution in [3.63, 3.8) is 0 Å². The van der Waals surface area contributed by atoms with Crippen LogP contribution in [0.5, 0.6) is 0 Å². The molecule has 1 aromatic rings. The van der Waals surface area contributed by atoms with Crippen LogP contribution >= 0.6 is 0 Å². The maximum absolute atomic E-state index is 12.7. The van der Waals surface area contributed by atoms with E-state index in [0.717, 1.165) is 14.2 Å². The molecule has 0 fully saturated rings. The van der Waals surface area contributed by atoms with Gasteiger partial charge in [0.2, 0.25) is 0 Å². The van der Waals surface area contributed by atoms with Crippen LogP contribution in [0.25, 0.3) is 0 Å². The molecule has 25 heavy (non-hydrogen) atoms. The van der Waals surface area contributed by atoms with Crippen LogP contribution in [-0.2, 0) is 24.3 Å². The average Bonchev–Trinajstić information content (AvgIpc) is 2.80. The number of esters is 1. The number of nitrogens with zero attached hydrogens (tertiary/aromatic N) is 1. The van der Waals surface area contributed by atoms with Gasteiger partial charge in [0, 0.05) is 0 Å². The van der Waals surface area contributed by atoms with Gasteiger partial charge in [0.05, 0.1) is 25.5 Å². The number of amides is 2. The zero-order valence-electron chi connectivity index (χ0n) is 13.5. The third-order valence-corrected chi connectivity index (χ3v) is 5.04. The van der Waals surface area contributed by atoms with Gasteiger partial charge < -0.3 is 9.47 Å². The fourth-order valence-corrected chi connectivity index (χ4v) is 3.80. The molecule has 1 heterocycles. The lowest BCUT2D eigenvalue weighted by molar-refractivity contribution is -0.137. The van der Waals surface area contributed by atoms with Gasteiger partial charge in [-0.05, 0) is 19.1 Å². The summed E-state index contributed by atoms with van der Waals surface area (Å²) in [5, 5.41) is 0. The summed E-state index contributed by atoms with van der Waals surface area (Å²) in [4.78, 5) is 35.6. The molecule has 0 unspecified atom stereocenters. The first-order valence-corrected chi connectivity index (χ1v) is 8.27. The van der Waals surface area contributed by atoms with Crippen LogP contribution in [0, 0.1) is 0 Å². The Kier molecular flexibility index (Phi) is 4.97. The van der Waals surface area contributed by atoms with Crippen LogP contribution in [0.2, 0.25) is 0 Å². The van der Waals surface area contributed by atoms with E-state index in [4.69, 9.17) is 0 Å². The summed E-state index contributed by atoms with van der Waals surface area (Å²) in [7, 11) is -2.15. The first-order valence-electron chi connectivity index (χ1n) is 6.83. The molecule has 2 N–H and O–H groups in total. The fraction of sp³-hybridized carbons (Fsp3) is 0.214. The number of methoxy groups -OCH3 is 2. The lowest BCUT2D eigenvalue weighted by atomic mass is 10.2. The molecule has 0 radical (unpaired) electrons. The number of rotatable bonds is 4. The number of hydrogen-bond donors (Lipinski definition) is 2. The standard InChI is InChI=1S/C14H15N3O7S/c1-8(15-16-14(20)24-3)11(13(19)23-2)17-12(18)9-6-4-5-7-10(9)25(17,21)22/h4-7,15H,1-3H3,(H,16,20)/b11-8+. The quantitative estimate of drug-likeness (QED) is 0.434.